The lowest BCUT2D eigenvalue weighted by Gasteiger charge is -1.98. The summed E-state index contributed by atoms with van der Waals surface area (Å²) in [6, 6.07) is 3.89. The van der Waals surface area contributed by atoms with Crippen LogP contribution in [0, 0.1) is 0 Å². The maximum atomic E-state index is 12.2. The maximum Gasteiger partial charge on any atom is 0.277 e. The van der Waals surface area contributed by atoms with E-state index in [1.54, 1.807) is 23.1 Å². The average molecular weight is 274 g/mol. The van der Waals surface area contributed by atoms with E-state index in [-0.39, 0.29) is 5.56 Å². The third-order valence-electron chi connectivity index (χ3n) is 3.00. The molecule has 0 aliphatic carbocycles. The summed E-state index contributed by atoms with van der Waals surface area (Å²) in [4.78, 5) is 20.6. The van der Waals surface area contributed by atoms with E-state index < -0.39 is 0 Å². The number of hydrogen-bond acceptors (Lipinski definition) is 4. The number of H-pyrrole nitrogens is 1. The summed E-state index contributed by atoms with van der Waals surface area (Å²) in [7, 11) is 1.78. The van der Waals surface area contributed by atoms with Crippen molar-refractivity contribution in [1.29, 1.82) is 0 Å². The van der Waals surface area contributed by atoms with Crippen LogP contribution in [0.25, 0.3) is 21.7 Å². The van der Waals surface area contributed by atoms with Crippen LogP contribution >= 0.6 is 11.3 Å². The number of nitrogens with one attached hydrogen (secondary N) is 1. The van der Waals surface area contributed by atoms with Crippen molar-refractivity contribution in [2.45, 2.75) is 19.8 Å². The Bertz CT molecular complexity index is 770. The van der Waals surface area contributed by atoms with Crippen LogP contribution in [0.5, 0.6) is 0 Å². The molecule has 0 atom stereocenters. The van der Waals surface area contributed by atoms with Crippen molar-refractivity contribution in [3.05, 3.63) is 33.6 Å². The molecule has 0 saturated heterocycles. The summed E-state index contributed by atoms with van der Waals surface area (Å²) in [6.45, 7) is 2.09. The molecule has 0 spiro atoms. The second kappa shape index (κ2) is 4.62. The van der Waals surface area contributed by atoms with Crippen molar-refractivity contribution in [3.8, 4) is 10.7 Å². The van der Waals surface area contributed by atoms with Crippen LogP contribution in [0.15, 0.2) is 22.3 Å². The van der Waals surface area contributed by atoms with Crippen LogP contribution in [0.1, 0.15) is 19.0 Å². The molecule has 6 heteroatoms. The molecule has 0 unspecified atom stereocenters. The standard InChI is InChI=1S/C13H14N4OS/c1-3-5-8-10-11(17(2)16-8)13(18)15-12(14-10)9-6-4-7-19-9/h4,6-7H,3,5H2,1-2H3,(H,14,15,18). The highest BCUT2D eigenvalue weighted by atomic mass is 32.1. The SMILES string of the molecule is CCCc1nn(C)c2c(=O)[nH]c(-c3cccs3)nc12. The largest absolute Gasteiger partial charge is 0.304 e. The minimum atomic E-state index is -0.134. The van der Waals surface area contributed by atoms with Gasteiger partial charge in [0.1, 0.15) is 5.52 Å². The van der Waals surface area contributed by atoms with Gasteiger partial charge in [-0.25, -0.2) is 4.98 Å². The van der Waals surface area contributed by atoms with E-state index in [9.17, 15) is 4.79 Å². The Kier molecular flexibility index (Phi) is 2.94. The minimum Gasteiger partial charge on any atom is -0.304 e. The summed E-state index contributed by atoms with van der Waals surface area (Å²) >= 11 is 1.56. The minimum absolute atomic E-state index is 0.134. The normalized spacial score (nSPS) is 11.3. The second-order valence-corrected chi connectivity index (χ2v) is 5.36. The number of nitrogens with zero attached hydrogens (tertiary/aromatic N) is 3. The molecule has 5 nitrogen and oxygen atoms in total. The zero-order chi connectivity index (χ0) is 13.4. The lowest BCUT2D eigenvalue weighted by Crippen LogP contribution is -2.12. The monoisotopic (exact) mass is 274 g/mol. The van der Waals surface area contributed by atoms with Gasteiger partial charge < -0.3 is 4.98 Å². The van der Waals surface area contributed by atoms with E-state index in [1.807, 2.05) is 17.5 Å². The zero-order valence-electron chi connectivity index (χ0n) is 10.8. The van der Waals surface area contributed by atoms with Gasteiger partial charge in [0.05, 0.1) is 10.6 Å². The van der Waals surface area contributed by atoms with Gasteiger partial charge in [-0.2, -0.15) is 5.10 Å². The quantitative estimate of drug-likeness (QED) is 0.797. The van der Waals surface area contributed by atoms with Crippen molar-refractivity contribution in [1.82, 2.24) is 19.7 Å². The Hall–Kier alpha value is -1.95. The lowest BCUT2D eigenvalue weighted by molar-refractivity contribution is 0.751. The summed E-state index contributed by atoms with van der Waals surface area (Å²) in [5, 5.41) is 6.37. The maximum absolute atomic E-state index is 12.2. The third kappa shape index (κ3) is 1.98. The number of aromatic nitrogens is 4. The molecule has 3 heterocycles. The molecule has 1 N–H and O–H groups in total. The smallest absolute Gasteiger partial charge is 0.277 e. The van der Waals surface area contributed by atoms with Crippen molar-refractivity contribution in [2.24, 2.45) is 7.05 Å². The van der Waals surface area contributed by atoms with Crippen LogP contribution < -0.4 is 5.56 Å². The average Bonchev–Trinajstić information content (AvgIpc) is 2.99. The molecule has 0 saturated carbocycles. The Morgan fingerprint density at radius 2 is 2.32 bits per heavy atom. The molecule has 3 rings (SSSR count). The van der Waals surface area contributed by atoms with Crippen LogP contribution in [0.3, 0.4) is 0 Å². The lowest BCUT2D eigenvalue weighted by atomic mass is 10.2. The van der Waals surface area contributed by atoms with Gasteiger partial charge in [-0.3, -0.25) is 9.48 Å². The summed E-state index contributed by atoms with van der Waals surface area (Å²) in [5.41, 5.74) is 2.02. The van der Waals surface area contributed by atoms with Crippen LogP contribution in [-0.2, 0) is 13.5 Å². The number of hydrogen-bond donors (Lipinski definition) is 1. The molecule has 0 fully saturated rings. The first-order chi connectivity index (χ1) is 9.20. The van der Waals surface area contributed by atoms with Crippen LogP contribution in [-0.4, -0.2) is 19.7 Å². The van der Waals surface area contributed by atoms with Gasteiger partial charge in [-0.15, -0.1) is 11.3 Å². The first-order valence-corrected chi connectivity index (χ1v) is 7.08. The van der Waals surface area contributed by atoms with E-state index in [1.165, 1.54) is 0 Å². The Morgan fingerprint density at radius 3 is 3.00 bits per heavy atom. The molecule has 3 aromatic rings. The molecular formula is C13H14N4OS. The van der Waals surface area contributed by atoms with E-state index in [2.05, 4.69) is 22.0 Å². The van der Waals surface area contributed by atoms with Gasteiger partial charge in [-0.05, 0) is 17.9 Å². The Balaban J connectivity index is 2.29. The second-order valence-electron chi connectivity index (χ2n) is 4.41. The molecule has 19 heavy (non-hydrogen) atoms. The summed E-state index contributed by atoms with van der Waals surface area (Å²) in [6.07, 6.45) is 1.81. The Labute approximate surface area is 113 Å². The van der Waals surface area contributed by atoms with E-state index in [0.717, 1.165) is 28.9 Å². The molecule has 0 radical (unpaired) electrons. The van der Waals surface area contributed by atoms with E-state index in [0.29, 0.717) is 11.3 Å². The number of rotatable bonds is 3. The van der Waals surface area contributed by atoms with Gasteiger partial charge in [0.2, 0.25) is 0 Å². The fraction of sp³-hybridized carbons (Fsp3) is 0.308. The highest BCUT2D eigenvalue weighted by Gasteiger charge is 2.15. The molecule has 98 valence electrons. The van der Waals surface area contributed by atoms with Gasteiger partial charge in [0, 0.05) is 7.05 Å². The number of fused-ring (bicyclic) bond motifs is 1. The first-order valence-electron chi connectivity index (χ1n) is 6.20. The van der Waals surface area contributed by atoms with Gasteiger partial charge in [0.15, 0.2) is 11.3 Å². The summed E-state index contributed by atoms with van der Waals surface area (Å²) in [5.74, 6) is 0.623. The summed E-state index contributed by atoms with van der Waals surface area (Å²) < 4.78 is 1.62. The van der Waals surface area contributed by atoms with Crippen LogP contribution in [0.2, 0.25) is 0 Å². The van der Waals surface area contributed by atoms with Crippen molar-refractivity contribution in [2.75, 3.05) is 0 Å². The number of aromatic amines is 1. The number of aryl methyl sites for hydroxylation is 2. The molecule has 0 aliphatic heterocycles. The topological polar surface area (TPSA) is 63.6 Å². The first kappa shape index (κ1) is 12.1. The molecule has 0 aromatic carbocycles. The third-order valence-corrected chi connectivity index (χ3v) is 3.88. The Morgan fingerprint density at radius 1 is 1.47 bits per heavy atom. The van der Waals surface area contributed by atoms with E-state index in [4.69, 9.17) is 0 Å². The predicted octanol–water partition coefficient (Wildman–Crippen LogP) is 2.34. The zero-order valence-corrected chi connectivity index (χ0v) is 11.6. The number of thiophene rings is 1. The fourth-order valence-electron chi connectivity index (χ4n) is 2.18. The molecule has 0 bridgehead atoms. The van der Waals surface area contributed by atoms with Gasteiger partial charge in [-0.1, -0.05) is 19.4 Å². The van der Waals surface area contributed by atoms with Crippen molar-refractivity contribution < 1.29 is 0 Å². The highest BCUT2D eigenvalue weighted by molar-refractivity contribution is 7.13. The molecular weight excluding hydrogens is 260 g/mol. The molecule has 3 aromatic heterocycles. The van der Waals surface area contributed by atoms with Crippen molar-refractivity contribution in [3.63, 3.8) is 0 Å². The molecule has 0 amide bonds. The fourth-order valence-corrected chi connectivity index (χ4v) is 2.85. The van der Waals surface area contributed by atoms with Crippen molar-refractivity contribution >= 4 is 22.4 Å². The van der Waals surface area contributed by atoms with Gasteiger partial charge in [0.25, 0.3) is 5.56 Å². The molecule has 0 aliphatic rings. The van der Waals surface area contributed by atoms with E-state index >= 15 is 0 Å². The predicted molar refractivity (Wildman–Crippen MR) is 76.4 cm³/mol. The highest BCUT2D eigenvalue weighted by Crippen LogP contribution is 2.22. The van der Waals surface area contributed by atoms with Crippen LogP contribution in [0.4, 0.5) is 0 Å². The van der Waals surface area contributed by atoms with Gasteiger partial charge >= 0.3 is 0 Å².